The molecule has 0 bridgehead atoms. The molecule has 4 rings (SSSR count). The van der Waals surface area contributed by atoms with Crippen molar-refractivity contribution in [3.63, 3.8) is 0 Å². The molecule has 2 aromatic carbocycles. The van der Waals surface area contributed by atoms with Crippen molar-refractivity contribution in [3.8, 4) is 17.0 Å². The largest absolute Gasteiger partial charge is 0.488 e. The van der Waals surface area contributed by atoms with Crippen LogP contribution in [-0.4, -0.2) is 28.2 Å². The zero-order valence-electron chi connectivity index (χ0n) is 16.7. The van der Waals surface area contributed by atoms with Gasteiger partial charge in [-0.05, 0) is 30.7 Å². The van der Waals surface area contributed by atoms with Crippen LogP contribution in [0.25, 0.3) is 16.2 Å². The van der Waals surface area contributed by atoms with Gasteiger partial charge in [-0.25, -0.2) is 9.37 Å². The maximum atomic E-state index is 14.1. The van der Waals surface area contributed by atoms with Crippen LogP contribution in [0.2, 0.25) is 0 Å². The summed E-state index contributed by atoms with van der Waals surface area (Å²) in [6.45, 7) is 2.34. The third-order valence-corrected chi connectivity index (χ3v) is 5.56. The standard InChI is InChI=1S/C23H19FN2O4S/c1-2-29-21(28)11-17-12-26-19(13-27)22(25-23(26)31-17)18-10-16(24)8-9-20(18)30-14-15-6-4-3-5-7-15/h3-10,12-13H,2,11,14H2,1H3. The monoisotopic (exact) mass is 438 g/mol. The van der Waals surface area contributed by atoms with Crippen molar-refractivity contribution in [2.75, 3.05) is 6.61 Å². The second kappa shape index (κ2) is 9.09. The van der Waals surface area contributed by atoms with Gasteiger partial charge in [-0.2, -0.15) is 0 Å². The lowest BCUT2D eigenvalue weighted by atomic mass is 10.1. The third-order valence-electron chi connectivity index (χ3n) is 4.58. The summed E-state index contributed by atoms with van der Waals surface area (Å²) in [7, 11) is 0. The molecule has 0 radical (unpaired) electrons. The molecule has 158 valence electrons. The number of imidazole rings is 1. The maximum Gasteiger partial charge on any atom is 0.311 e. The van der Waals surface area contributed by atoms with Gasteiger partial charge in [0.15, 0.2) is 11.2 Å². The Morgan fingerprint density at radius 2 is 2.03 bits per heavy atom. The number of aromatic nitrogens is 2. The van der Waals surface area contributed by atoms with E-state index in [2.05, 4.69) is 4.98 Å². The molecule has 0 unspecified atom stereocenters. The Kier molecular flexibility index (Phi) is 6.08. The number of hydrogen-bond acceptors (Lipinski definition) is 6. The molecule has 0 spiro atoms. The quantitative estimate of drug-likeness (QED) is 0.295. The van der Waals surface area contributed by atoms with Gasteiger partial charge in [0.25, 0.3) is 0 Å². The highest BCUT2D eigenvalue weighted by molar-refractivity contribution is 7.17. The van der Waals surface area contributed by atoms with Crippen molar-refractivity contribution in [2.45, 2.75) is 20.0 Å². The van der Waals surface area contributed by atoms with Crippen LogP contribution in [0.4, 0.5) is 4.39 Å². The molecular formula is C23H19FN2O4S. The Balaban J connectivity index is 1.69. The average Bonchev–Trinajstić information content (AvgIpc) is 3.30. The second-order valence-electron chi connectivity index (χ2n) is 6.71. The Labute approximate surface area is 181 Å². The number of benzene rings is 2. The van der Waals surface area contributed by atoms with E-state index >= 15 is 0 Å². The number of aldehydes is 1. The highest BCUT2D eigenvalue weighted by Gasteiger charge is 2.21. The fourth-order valence-corrected chi connectivity index (χ4v) is 4.17. The van der Waals surface area contributed by atoms with Crippen LogP contribution in [0.5, 0.6) is 5.75 Å². The number of ether oxygens (including phenoxy) is 2. The third kappa shape index (κ3) is 4.49. The molecule has 6 nitrogen and oxygen atoms in total. The number of carbonyl (C=O) groups excluding carboxylic acids is 2. The summed E-state index contributed by atoms with van der Waals surface area (Å²) in [5.74, 6) is -0.384. The van der Waals surface area contributed by atoms with E-state index in [1.807, 2.05) is 30.3 Å². The Hall–Kier alpha value is -3.52. The highest BCUT2D eigenvalue weighted by Crippen LogP contribution is 2.35. The van der Waals surface area contributed by atoms with Crippen molar-refractivity contribution >= 4 is 28.6 Å². The number of carbonyl (C=O) groups is 2. The van der Waals surface area contributed by atoms with Crippen LogP contribution in [0.15, 0.2) is 54.7 Å². The first kappa shape index (κ1) is 20.7. The molecule has 0 aliphatic rings. The molecular weight excluding hydrogens is 419 g/mol. The topological polar surface area (TPSA) is 69.9 Å². The van der Waals surface area contributed by atoms with E-state index in [0.29, 0.717) is 41.5 Å². The van der Waals surface area contributed by atoms with Gasteiger partial charge in [-0.15, -0.1) is 11.3 Å². The van der Waals surface area contributed by atoms with Crippen molar-refractivity contribution in [1.82, 2.24) is 9.38 Å². The molecule has 0 aliphatic carbocycles. The molecule has 0 saturated carbocycles. The van der Waals surface area contributed by atoms with Gasteiger partial charge in [0.1, 0.15) is 29.6 Å². The van der Waals surface area contributed by atoms with Crippen LogP contribution in [0.1, 0.15) is 27.9 Å². The summed E-state index contributed by atoms with van der Waals surface area (Å²) < 4.78 is 26.6. The van der Waals surface area contributed by atoms with Crippen LogP contribution in [0.3, 0.4) is 0 Å². The molecule has 0 aliphatic heterocycles. The van der Waals surface area contributed by atoms with Crippen LogP contribution < -0.4 is 4.74 Å². The summed E-state index contributed by atoms with van der Waals surface area (Å²) in [5.41, 5.74) is 1.94. The zero-order chi connectivity index (χ0) is 21.8. The summed E-state index contributed by atoms with van der Waals surface area (Å²) in [6, 6.07) is 13.7. The lowest BCUT2D eigenvalue weighted by Crippen LogP contribution is -2.06. The van der Waals surface area contributed by atoms with Gasteiger partial charge in [0.2, 0.25) is 0 Å². The van der Waals surface area contributed by atoms with Crippen LogP contribution in [0, 0.1) is 5.82 Å². The predicted octanol–water partition coefficient (Wildman–Crippen LogP) is 4.70. The minimum Gasteiger partial charge on any atom is -0.488 e. The molecule has 0 fully saturated rings. The fourth-order valence-electron chi connectivity index (χ4n) is 3.20. The van der Waals surface area contributed by atoms with E-state index in [0.717, 1.165) is 10.4 Å². The number of fused-ring (bicyclic) bond motifs is 1. The Morgan fingerprint density at radius 1 is 1.23 bits per heavy atom. The van der Waals surface area contributed by atoms with Crippen LogP contribution in [-0.2, 0) is 22.6 Å². The summed E-state index contributed by atoms with van der Waals surface area (Å²) in [4.78, 5) is 29.4. The van der Waals surface area contributed by atoms with Gasteiger partial charge >= 0.3 is 5.97 Å². The van der Waals surface area contributed by atoms with E-state index in [9.17, 15) is 14.0 Å². The first-order chi connectivity index (χ1) is 15.1. The number of rotatable bonds is 8. The normalized spacial score (nSPS) is 10.9. The minimum atomic E-state index is -0.460. The molecule has 31 heavy (non-hydrogen) atoms. The molecule has 0 saturated heterocycles. The van der Waals surface area contributed by atoms with Gasteiger partial charge in [-0.3, -0.25) is 14.0 Å². The van der Waals surface area contributed by atoms with Crippen molar-refractivity contribution in [3.05, 3.63) is 76.7 Å². The molecule has 0 N–H and O–H groups in total. The number of hydrogen-bond donors (Lipinski definition) is 0. The number of thiazole rings is 1. The van der Waals surface area contributed by atoms with Gasteiger partial charge in [-0.1, -0.05) is 30.3 Å². The van der Waals surface area contributed by atoms with E-state index < -0.39 is 5.82 Å². The number of esters is 1. The lowest BCUT2D eigenvalue weighted by Gasteiger charge is -2.11. The van der Waals surface area contributed by atoms with Crippen molar-refractivity contribution < 1.29 is 23.5 Å². The lowest BCUT2D eigenvalue weighted by molar-refractivity contribution is -0.142. The van der Waals surface area contributed by atoms with E-state index in [1.54, 1.807) is 17.5 Å². The Bertz CT molecular complexity index is 1230. The van der Waals surface area contributed by atoms with Gasteiger partial charge in [0.05, 0.1) is 13.0 Å². The van der Waals surface area contributed by atoms with Gasteiger partial charge in [0, 0.05) is 16.6 Å². The van der Waals surface area contributed by atoms with Crippen molar-refractivity contribution in [2.24, 2.45) is 0 Å². The maximum absolute atomic E-state index is 14.1. The first-order valence-electron chi connectivity index (χ1n) is 9.67. The molecule has 0 atom stereocenters. The summed E-state index contributed by atoms with van der Waals surface area (Å²) in [5, 5.41) is 0. The van der Waals surface area contributed by atoms with E-state index in [-0.39, 0.29) is 18.1 Å². The smallest absolute Gasteiger partial charge is 0.311 e. The zero-order valence-corrected chi connectivity index (χ0v) is 17.5. The Morgan fingerprint density at radius 3 is 2.77 bits per heavy atom. The van der Waals surface area contributed by atoms with E-state index in [1.165, 1.54) is 29.5 Å². The molecule has 8 heteroatoms. The first-order valence-corrected chi connectivity index (χ1v) is 10.5. The van der Waals surface area contributed by atoms with Crippen molar-refractivity contribution in [1.29, 1.82) is 0 Å². The summed E-state index contributed by atoms with van der Waals surface area (Å²) >= 11 is 1.27. The second-order valence-corrected chi connectivity index (χ2v) is 7.80. The predicted molar refractivity (Wildman–Crippen MR) is 115 cm³/mol. The minimum absolute atomic E-state index is 0.0981. The highest BCUT2D eigenvalue weighted by atomic mass is 32.1. The molecule has 2 heterocycles. The molecule has 0 amide bonds. The number of nitrogens with zero attached hydrogens (tertiary/aromatic N) is 2. The average molecular weight is 438 g/mol. The molecule has 2 aromatic heterocycles. The fraction of sp³-hybridized carbons (Fsp3) is 0.174. The summed E-state index contributed by atoms with van der Waals surface area (Å²) in [6.07, 6.45) is 2.45. The van der Waals surface area contributed by atoms with Gasteiger partial charge < -0.3 is 9.47 Å². The molecule has 4 aromatic rings. The SMILES string of the molecule is CCOC(=O)Cc1cn2c(C=O)c(-c3cc(F)ccc3OCc3ccccc3)nc2s1. The van der Waals surface area contributed by atoms with E-state index in [4.69, 9.17) is 9.47 Å². The number of halogens is 1. The van der Waals surface area contributed by atoms with Crippen LogP contribution >= 0.6 is 11.3 Å².